The molecule has 10 heteroatoms. The van der Waals surface area contributed by atoms with Gasteiger partial charge in [-0.3, -0.25) is 0 Å². The van der Waals surface area contributed by atoms with Crippen molar-refractivity contribution in [1.29, 1.82) is 0 Å². The molecule has 0 saturated carbocycles. The van der Waals surface area contributed by atoms with Crippen molar-refractivity contribution in [3.8, 4) is 0 Å². The van der Waals surface area contributed by atoms with Crippen LogP contribution >= 0.6 is 12.4 Å². The number of hydrogen-bond acceptors (Lipinski definition) is 3. The van der Waals surface area contributed by atoms with Gasteiger partial charge in [0.1, 0.15) is 0 Å². The van der Waals surface area contributed by atoms with Gasteiger partial charge in [-0.05, 0) is 42.5 Å². The molecule has 0 amide bonds. The van der Waals surface area contributed by atoms with Gasteiger partial charge in [-0.15, -0.1) is 12.4 Å². The molecule has 0 saturated heterocycles. The highest BCUT2D eigenvalue weighted by molar-refractivity contribution is 7.89. The minimum atomic E-state index is -4.83. The second kappa shape index (κ2) is 7.42. The number of halogens is 5. The van der Waals surface area contributed by atoms with Crippen molar-refractivity contribution in [1.82, 2.24) is 4.72 Å². The molecular formula is C16H15ClF4N2O2S. The van der Waals surface area contributed by atoms with Crippen molar-refractivity contribution in [2.75, 3.05) is 5.73 Å². The molecule has 0 bridgehead atoms. The van der Waals surface area contributed by atoms with Crippen LogP contribution in [0, 0.1) is 23.3 Å². The number of nitrogen functional groups attached to an aromatic ring is 1. The van der Waals surface area contributed by atoms with Crippen LogP contribution in [0.2, 0.25) is 0 Å². The summed E-state index contributed by atoms with van der Waals surface area (Å²) in [4.78, 5) is -1.66. The predicted molar refractivity (Wildman–Crippen MR) is 90.4 cm³/mol. The maximum atomic E-state index is 13.8. The molecule has 1 aliphatic rings. The third kappa shape index (κ3) is 3.65. The van der Waals surface area contributed by atoms with Crippen LogP contribution in [0.1, 0.15) is 30.0 Å². The molecule has 3 rings (SSSR count). The van der Waals surface area contributed by atoms with Gasteiger partial charge in [-0.2, -0.15) is 0 Å². The Balaban J connectivity index is 0.00000243. The Morgan fingerprint density at radius 2 is 1.65 bits per heavy atom. The van der Waals surface area contributed by atoms with Crippen molar-refractivity contribution in [2.45, 2.75) is 30.2 Å². The van der Waals surface area contributed by atoms with E-state index in [2.05, 4.69) is 4.72 Å². The maximum absolute atomic E-state index is 13.8. The van der Waals surface area contributed by atoms with E-state index in [4.69, 9.17) is 5.73 Å². The Bertz CT molecular complexity index is 928. The van der Waals surface area contributed by atoms with E-state index in [0.717, 1.165) is 5.56 Å². The van der Waals surface area contributed by atoms with E-state index in [9.17, 15) is 26.0 Å². The largest absolute Gasteiger partial charge is 0.399 e. The quantitative estimate of drug-likeness (QED) is 0.461. The van der Waals surface area contributed by atoms with Crippen LogP contribution in [-0.2, 0) is 16.4 Å². The van der Waals surface area contributed by atoms with Crippen LogP contribution in [0.5, 0.6) is 0 Å². The summed E-state index contributed by atoms with van der Waals surface area (Å²) in [5.74, 6) is -7.48. The minimum absolute atomic E-state index is 0. The summed E-state index contributed by atoms with van der Waals surface area (Å²) in [5.41, 5.74) is 7.63. The molecule has 142 valence electrons. The Morgan fingerprint density at radius 1 is 1.04 bits per heavy atom. The number of benzene rings is 2. The number of sulfonamides is 1. The number of hydrogen-bond donors (Lipinski definition) is 2. The van der Waals surface area contributed by atoms with Gasteiger partial charge < -0.3 is 5.73 Å². The van der Waals surface area contributed by atoms with Crippen molar-refractivity contribution in [3.63, 3.8) is 0 Å². The monoisotopic (exact) mass is 410 g/mol. The first kappa shape index (κ1) is 20.5. The molecule has 0 fully saturated rings. The third-order valence-corrected chi connectivity index (χ3v) is 5.61. The number of nitrogens with two attached hydrogens (primary N) is 1. The number of nitrogens with one attached hydrogen (secondary N) is 1. The summed E-state index contributed by atoms with van der Waals surface area (Å²) < 4.78 is 81.2. The van der Waals surface area contributed by atoms with E-state index < -0.39 is 44.2 Å². The average molecular weight is 411 g/mol. The van der Waals surface area contributed by atoms with Crippen LogP contribution in [0.3, 0.4) is 0 Å². The topological polar surface area (TPSA) is 72.2 Å². The number of fused-ring (bicyclic) bond motifs is 1. The van der Waals surface area contributed by atoms with Gasteiger partial charge in [0.15, 0.2) is 28.2 Å². The van der Waals surface area contributed by atoms with Gasteiger partial charge in [0.05, 0.1) is 0 Å². The highest BCUT2D eigenvalue weighted by Crippen LogP contribution is 2.33. The molecule has 0 heterocycles. The zero-order chi connectivity index (χ0) is 18.4. The number of rotatable bonds is 3. The molecule has 0 aromatic heterocycles. The molecular weight excluding hydrogens is 396 g/mol. The third-order valence-electron chi connectivity index (χ3n) is 4.12. The van der Waals surface area contributed by atoms with E-state index in [1.54, 1.807) is 18.2 Å². The molecule has 4 nitrogen and oxygen atoms in total. The molecule has 2 aromatic rings. The molecule has 2 aromatic carbocycles. The highest BCUT2D eigenvalue weighted by atomic mass is 35.5. The normalized spacial score (nSPS) is 16.7. The highest BCUT2D eigenvalue weighted by Gasteiger charge is 2.33. The standard InChI is InChI=1S/C16H14F4N2O2S.ClH/c17-11-7-12(18)15(20)16(14(11)19)25(23,24)22-13-3-1-2-8-6-9(21)4-5-10(8)13;/h4-7,13,22H,1-3,21H2;1H. The Morgan fingerprint density at radius 3 is 2.27 bits per heavy atom. The molecule has 0 radical (unpaired) electrons. The molecule has 26 heavy (non-hydrogen) atoms. The van der Waals surface area contributed by atoms with E-state index in [1.807, 2.05) is 0 Å². The Kier molecular flexibility index (Phi) is 5.84. The van der Waals surface area contributed by atoms with Crippen molar-refractivity contribution < 1.29 is 26.0 Å². The van der Waals surface area contributed by atoms with Gasteiger partial charge in [-0.1, -0.05) is 6.07 Å². The van der Waals surface area contributed by atoms with E-state index in [1.165, 1.54) is 0 Å². The minimum Gasteiger partial charge on any atom is -0.399 e. The smallest absolute Gasteiger partial charge is 0.247 e. The summed E-state index contributed by atoms with van der Waals surface area (Å²) >= 11 is 0. The summed E-state index contributed by atoms with van der Waals surface area (Å²) in [6.45, 7) is 0. The molecule has 0 aliphatic heterocycles. The molecule has 3 N–H and O–H groups in total. The first-order valence-corrected chi connectivity index (χ1v) is 8.92. The molecule has 1 unspecified atom stereocenters. The first-order valence-electron chi connectivity index (χ1n) is 7.44. The summed E-state index contributed by atoms with van der Waals surface area (Å²) in [5, 5.41) is 0. The van der Waals surface area contributed by atoms with Gasteiger partial charge >= 0.3 is 0 Å². The van der Waals surface area contributed by atoms with Crippen molar-refractivity contribution >= 4 is 28.1 Å². The van der Waals surface area contributed by atoms with E-state index >= 15 is 0 Å². The lowest BCUT2D eigenvalue weighted by molar-refractivity contribution is 0.415. The summed E-state index contributed by atoms with van der Waals surface area (Å²) in [7, 11) is -4.83. The molecule has 0 spiro atoms. The van der Waals surface area contributed by atoms with Crippen LogP contribution in [-0.4, -0.2) is 8.42 Å². The second-order valence-electron chi connectivity index (χ2n) is 5.82. The Labute approximate surface area is 153 Å². The fourth-order valence-electron chi connectivity index (χ4n) is 2.99. The zero-order valence-corrected chi connectivity index (χ0v) is 14.9. The van der Waals surface area contributed by atoms with Gasteiger partial charge in [0, 0.05) is 17.8 Å². The van der Waals surface area contributed by atoms with Crippen LogP contribution in [0.25, 0.3) is 0 Å². The predicted octanol–water partition coefficient (Wildman–Crippen LogP) is 3.60. The van der Waals surface area contributed by atoms with E-state index in [-0.39, 0.29) is 18.5 Å². The number of aryl methyl sites for hydroxylation is 1. The SMILES string of the molecule is Cl.Nc1ccc2c(c1)CCCC2NS(=O)(=O)c1c(F)c(F)cc(F)c1F. The fourth-order valence-corrected chi connectivity index (χ4v) is 4.39. The number of anilines is 1. The van der Waals surface area contributed by atoms with Gasteiger partial charge in [-0.25, -0.2) is 30.7 Å². The van der Waals surface area contributed by atoms with Crippen LogP contribution in [0.4, 0.5) is 23.2 Å². The van der Waals surface area contributed by atoms with Crippen molar-refractivity contribution in [3.05, 3.63) is 58.7 Å². The lowest BCUT2D eigenvalue weighted by atomic mass is 9.88. The van der Waals surface area contributed by atoms with Gasteiger partial charge in [0.2, 0.25) is 10.0 Å². The summed E-state index contributed by atoms with van der Waals surface area (Å²) in [6.07, 6.45) is 1.67. The van der Waals surface area contributed by atoms with Crippen molar-refractivity contribution in [2.24, 2.45) is 0 Å². The van der Waals surface area contributed by atoms with Crippen LogP contribution < -0.4 is 10.5 Å². The zero-order valence-electron chi connectivity index (χ0n) is 13.2. The lowest BCUT2D eigenvalue weighted by Gasteiger charge is -2.26. The lowest BCUT2D eigenvalue weighted by Crippen LogP contribution is -2.32. The molecule has 1 atom stereocenters. The Hall–Kier alpha value is -1.84. The van der Waals surface area contributed by atoms with Crippen LogP contribution in [0.15, 0.2) is 29.2 Å². The maximum Gasteiger partial charge on any atom is 0.247 e. The van der Waals surface area contributed by atoms with E-state index in [0.29, 0.717) is 30.5 Å². The van der Waals surface area contributed by atoms with Gasteiger partial charge in [0.25, 0.3) is 0 Å². The molecule has 1 aliphatic carbocycles. The second-order valence-corrected chi connectivity index (χ2v) is 7.47. The average Bonchev–Trinajstić information content (AvgIpc) is 2.52. The first-order chi connectivity index (χ1) is 11.7. The summed E-state index contributed by atoms with van der Waals surface area (Å²) in [6, 6.07) is 4.07. The fraction of sp³-hybridized carbons (Fsp3) is 0.250.